The van der Waals surface area contributed by atoms with Gasteiger partial charge in [0.2, 0.25) is 5.91 Å². The number of piperidine rings is 1. The van der Waals surface area contributed by atoms with E-state index in [4.69, 9.17) is 4.74 Å². The van der Waals surface area contributed by atoms with Gasteiger partial charge in [0.05, 0.1) is 7.11 Å². The fourth-order valence-corrected chi connectivity index (χ4v) is 2.57. The first-order chi connectivity index (χ1) is 9.58. The summed E-state index contributed by atoms with van der Waals surface area (Å²) in [5.74, 6) is 0.972. The number of carbonyl (C=O) groups excluding carboxylic acids is 1. The number of nitrogens with zero attached hydrogens (tertiary/aromatic N) is 1. The van der Waals surface area contributed by atoms with E-state index in [2.05, 4.69) is 10.2 Å². The maximum absolute atomic E-state index is 11.0. The molecule has 1 saturated heterocycles. The molecule has 2 N–H and O–H groups in total. The van der Waals surface area contributed by atoms with Gasteiger partial charge >= 0.3 is 0 Å². The summed E-state index contributed by atoms with van der Waals surface area (Å²) in [7, 11) is 1.58. The highest BCUT2D eigenvalue weighted by atomic mass is 16.5. The third-order valence-corrected chi connectivity index (χ3v) is 3.68. The van der Waals surface area contributed by atoms with Gasteiger partial charge in [-0.15, -0.1) is 0 Å². The lowest BCUT2D eigenvalue weighted by molar-refractivity contribution is -0.119. The van der Waals surface area contributed by atoms with Crippen LogP contribution < -0.4 is 10.1 Å². The number of nitrogens with one attached hydrogen (secondary N) is 1. The second kappa shape index (κ2) is 6.61. The molecule has 0 bridgehead atoms. The van der Waals surface area contributed by atoms with Gasteiger partial charge in [0.1, 0.15) is 11.5 Å². The number of benzene rings is 1. The first-order valence-corrected chi connectivity index (χ1v) is 6.94. The van der Waals surface area contributed by atoms with Crippen LogP contribution in [0.1, 0.15) is 25.3 Å². The molecule has 2 rings (SSSR count). The molecule has 1 aromatic carbocycles. The fourth-order valence-electron chi connectivity index (χ4n) is 2.57. The number of likely N-dealkylation sites (tertiary alicyclic amines) is 1. The van der Waals surface area contributed by atoms with Crippen molar-refractivity contribution < 1.29 is 14.6 Å². The summed E-state index contributed by atoms with van der Waals surface area (Å²) in [5.41, 5.74) is 0.906. The quantitative estimate of drug-likeness (QED) is 0.876. The number of phenols is 1. The Morgan fingerprint density at radius 2 is 2.15 bits per heavy atom. The average Bonchev–Trinajstić information content (AvgIpc) is 2.42. The number of hydrogen-bond acceptors (Lipinski definition) is 4. The van der Waals surface area contributed by atoms with E-state index < -0.39 is 0 Å². The molecule has 0 atom stereocenters. The van der Waals surface area contributed by atoms with Crippen LogP contribution in [0.5, 0.6) is 11.5 Å². The van der Waals surface area contributed by atoms with Crippen molar-refractivity contribution in [2.75, 3.05) is 20.2 Å². The van der Waals surface area contributed by atoms with E-state index in [9.17, 15) is 9.90 Å². The van der Waals surface area contributed by atoms with Gasteiger partial charge in [-0.2, -0.15) is 0 Å². The Morgan fingerprint density at radius 3 is 2.70 bits per heavy atom. The second-order valence-electron chi connectivity index (χ2n) is 5.25. The van der Waals surface area contributed by atoms with E-state index in [1.165, 1.54) is 0 Å². The lowest BCUT2D eigenvalue weighted by atomic mass is 10.0. The minimum Gasteiger partial charge on any atom is -0.507 e. The molecule has 0 aliphatic carbocycles. The number of amides is 1. The van der Waals surface area contributed by atoms with Gasteiger partial charge < -0.3 is 15.2 Å². The second-order valence-corrected chi connectivity index (χ2v) is 5.25. The summed E-state index contributed by atoms with van der Waals surface area (Å²) in [4.78, 5) is 13.3. The zero-order chi connectivity index (χ0) is 14.5. The Hall–Kier alpha value is -1.75. The molecule has 1 aliphatic rings. The Balaban J connectivity index is 1.88. The van der Waals surface area contributed by atoms with Crippen LogP contribution in [0, 0.1) is 0 Å². The summed E-state index contributed by atoms with van der Waals surface area (Å²) in [6.07, 6.45) is 1.91. The molecule has 1 amide bonds. The average molecular weight is 278 g/mol. The van der Waals surface area contributed by atoms with Gasteiger partial charge in [-0.3, -0.25) is 9.69 Å². The van der Waals surface area contributed by atoms with Crippen molar-refractivity contribution in [2.24, 2.45) is 0 Å². The Bertz CT molecular complexity index is 468. The van der Waals surface area contributed by atoms with Crippen LogP contribution in [-0.2, 0) is 11.3 Å². The number of ether oxygens (including phenoxy) is 1. The van der Waals surface area contributed by atoms with Crippen LogP contribution in [0.15, 0.2) is 18.2 Å². The van der Waals surface area contributed by atoms with Crippen LogP contribution >= 0.6 is 0 Å². The molecule has 0 radical (unpaired) electrons. The maximum atomic E-state index is 11.0. The Morgan fingerprint density at radius 1 is 1.45 bits per heavy atom. The highest BCUT2D eigenvalue weighted by Crippen LogP contribution is 2.25. The zero-order valence-electron chi connectivity index (χ0n) is 12.1. The van der Waals surface area contributed by atoms with Gasteiger partial charge in [-0.25, -0.2) is 0 Å². The summed E-state index contributed by atoms with van der Waals surface area (Å²) in [6, 6.07) is 5.68. The SMILES string of the molecule is COc1ccc(CN2CCC(NC(C)=O)CC2)c(O)c1. The third kappa shape index (κ3) is 3.87. The van der Waals surface area contributed by atoms with Crippen molar-refractivity contribution in [3.8, 4) is 11.5 Å². The molecule has 1 fully saturated rings. The van der Waals surface area contributed by atoms with Crippen LogP contribution in [0.2, 0.25) is 0 Å². The normalized spacial score (nSPS) is 16.9. The molecule has 0 unspecified atom stereocenters. The van der Waals surface area contributed by atoms with Crippen LogP contribution in [0.25, 0.3) is 0 Å². The van der Waals surface area contributed by atoms with Crippen molar-refractivity contribution >= 4 is 5.91 Å². The molecule has 110 valence electrons. The van der Waals surface area contributed by atoms with E-state index in [0.29, 0.717) is 5.75 Å². The van der Waals surface area contributed by atoms with Crippen LogP contribution in [0.3, 0.4) is 0 Å². The van der Waals surface area contributed by atoms with Crippen molar-refractivity contribution in [3.05, 3.63) is 23.8 Å². The van der Waals surface area contributed by atoms with E-state index in [-0.39, 0.29) is 17.7 Å². The lowest BCUT2D eigenvalue weighted by Crippen LogP contribution is -2.43. The number of aromatic hydroxyl groups is 1. The Kier molecular flexibility index (Phi) is 4.84. The fraction of sp³-hybridized carbons (Fsp3) is 0.533. The first-order valence-electron chi connectivity index (χ1n) is 6.94. The maximum Gasteiger partial charge on any atom is 0.217 e. The number of rotatable bonds is 4. The number of phenolic OH excluding ortho intramolecular Hbond substituents is 1. The van der Waals surface area contributed by atoms with Gasteiger partial charge in [0.25, 0.3) is 0 Å². The summed E-state index contributed by atoms with van der Waals surface area (Å²) in [5, 5.41) is 12.9. The summed E-state index contributed by atoms with van der Waals surface area (Å²) >= 11 is 0. The zero-order valence-corrected chi connectivity index (χ0v) is 12.1. The minimum absolute atomic E-state index is 0.0382. The summed E-state index contributed by atoms with van der Waals surface area (Å²) < 4.78 is 5.08. The molecule has 0 spiro atoms. The molecular formula is C15H22N2O3. The molecule has 20 heavy (non-hydrogen) atoms. The monoisotopic (exact) mass is 278 g/mol. The van der Waals surface area contributed by atoms with Crippen molar-refractivity contribution in [1.82, 2.24) is 10.2 Å². The highest BCUT2D eigenvalue weighted by molar-refractivity contribution is 5.73. The standard InChI is InChI=1S/C15H22N2O3/c1-11(18)16-13-5-7-17(8-6-13)10-12-3-4-14(20-2)9-15(12)19/h3-4,9,13,19H,5-8,10H2,1-2H3,(H,16,18). The Labute approximate surface area is 119 Å². The van der Waals surface area contributed by atoms with Gasteiger partial charge in [0, 0.05) is 44.2 Å². The molecule has 1 heterocycles. The predicted molar refractivity (Wildman–Crippen MR) is 76.8 cm³/mol. The minimum atomic E-state index is 0.0382. The van der Waals surface area contributed by atoms with Crippen molar-refractivity contribution in [1.29, 1.82) is 0 Å². The van der Waals surface area contributed by atoms with E-state index in [1.54, 1.807) is 20.1 Å². The van der Waals surface area contributed by atoms with E-state index in [1.807, 2.05) is 12.1 Å². The van der Waals surface area contributed by atoms with Crippen molar-refractivity contribution in [3.63, 3.8) is 0 Å². The lowest BCUT2D eigenvalue weighted by Gasteiger charge is -2.32. The molecule has 5 nitrogen and oxygen atoms in total. The number of methoxy groups -OCH3 is 1. The topological polar surface area (TPSA) is 61.8 Å². The van der Waals surface area contributed by atoms with E-state index >= 15 is 0 Å². The molecule has 0 saturated carbocycles. The van der Waals surface area contributed by atoms with Gasteiger partial charge in [-0.1, -0.05) is 6.07 Å². The van der Waals surface area contributed by atoms with Gasteiger partial charge in [-0.05, 0) is 18.9 Å². The number of carbonyl (C=O) groups is 1. The third-order valence-electron chi connectivity index (χ3n) is 3.68. The smallest absolute Gasteiger partial charge is 0.217 e. The molecule has 1 aromatic rings. The van der Waals surface area contributed by atoms with Gasteiger partial charge in [0.15, 0.2) is 0 Å². The van der Waals surface area contributed by atoms with Crippen LogP contribution in [-0.4, -0.2) is 42.2 Å². The van der Waals surface area contributed by atoms with E-state index in [0.717, 1.165) is 38.0 Å². The first kappa shape index (κ1) is 14.7. The van der Waals surface area contributed by atoms with Crippen molar-refractivity contribution in [2.45, 2.75) is 32.4 Å². The summed E-state index contributed by atoms with van der Waals surface area (Å²) in [6.45, 7) is 4.14. The molecule has 1 aliphatic heterocycles. The van der Waals surface area contributed by atoms with Crippen LogP contribution in [0.4, 0.5) is 0 Å². The molecule has 5 heteroatoms. The largest absolute Gasteiger partial charge is 0.507 e. The molecular weight excluding hydrogens is 256 g/mol. The highest BCUT2D eigenvalue weighted by Gasteiger charge is 2.20. The number of hydrogen-bond donors (Lipinski definition) is 2. The molecule has 0 aromatic heterocycles. The predicted octanol–water partition coefficient (Wildman–Crippen LogP) is 1.50.